The van der Waals surface area contributed by atoms with Gasteiger partial charge in [0.05, 0.1) is 5.92 Å². The molecular weight excluding hydrogens is 220 g/mol. The summed E-state index contributed by atoms with van der Waals surface area (Å²) in [6.07, 6.45) is 4.63. The molecule has 2 fully saturated rings. The Morgan fingerprint density at radius 1 is 1.47 bits per heavy atom. The highest BCUT2D eigenvalue weighted by atomic mass is 16.5. The molecule has 1 saturated carbocycles. The molecule has 5 nitrogen and oxygen atoms in total. The Labute approximate surface area is 99.2 Å². The van der Waals surface area contributed by atoms with E-state index < -0.39 is 5.97 Å². The highest BCUT2D eigenvalue weighted by Gasteiger charge is 2.46. The van der Waals surface area contributed by atoms with Crippen molar-refractivity contribution in [1.82, 2.24) is 9.97 Å². The summed E-state index contributed by atoms with van der Waals surface area (Å²) in [6.45, 7) is 1.61. The van der Waals surface area contributed by atoms with Gasteiger partial charge in [-0.25, -0.2) is 4.98 Å². The number of nitrogens with one attached hydrogen (secondary N) is 1. The third-order valence-electron chi connectivity index (χ3n) is 3.74. The molecule has 1 saturated heterocycles. The van der Waals surface area contributed by atoms with Crippen molar-refractivity contribution in [3.05, 3.63) is 17.7 Å². The summed E-state index contributed by atoms with van der Waals surface area (Å²) in [4.78, 5) is 18.4. The Morgan fingerprint density at radius 3 is 2.88 bits per heavy atom. The lowest BCUT2D eigenvalue weighted by Gasteiger charge is -2.20. The summed E-state index contributed by atoms with van der Waals surface area (Å²) in [5, 5.41) is 8.88. The molecule has 0 amide bonds. The van der Waals surface area contributed by atoms with Crippen molar-refractivity contribution in [1.29, 1.82) is 0 Å². The van der Waals surface area contributed by atoms with Gasteiger partial charge in [0.1, 0.15) is 5.82 Å². The predicted octanol–water partition coefficient (Wildman–Crippen LogP) is 1.49. The minimum atomic E-state index is -0.709. The van der Waals surface area contributed by atoms with E-state index in [2.05, 4.69) is 9.97 Å². The van der Waals surface area contributed by atoms with Crippen LogP contribution in [-0.2, 0) is 9.53 Å². The molecule has 17 heavy (non-hydrogen) atoms. The maximum atomic E-state index is 10.8. The first-order valence-corrected chi connectivity index (χ1v) is 6.11. The molecule has 3 rings (SSSR count). The maximum Gasteiger partial charge on any atom is 0.307 e. The predicted molar refractivity (Wildman–Crippen MR) is 59.9 cm³/mol. The largest absolute Gasteiger partial charge is 0.481 e. The lowest BCUT2D eigenvalue weighted by atomic mass is 9.97. The summed E-state index contributed by atoms with van der Waals surface area (Å²) < 4.78 is 5.32. The molecule has 1 aromatic heterocycles. The van der Waals surface area contributed by atoms with Crippen molar-refractivity contribution in [3.8, 4) is 0 Å². The van der Waals surface area contributed by atoms with Crippen molar-refractivity contribution < 1.29 is 14.6 Å². The van der Waals surface area contributed by atoms with E-state index in [0.717, 1.165) is 44.0 Å². The summed E-state index contributed by atoms with van der Waals surface area (Å²) in [5.74, 6) is 0.495. The van der Waals surface area contributed by atoms with E-state index in [9.17, 15) is 4.79 Å². The number of aromatic amines is 1. The molecule has 0 spiro atoms. The van der Waals surface area contributed by atoms with Crippen LogP contribution in [0, 0.1) is 5.92 Å². The monoisotopic (exact) mass is 236 g/mol. The van der Waals surface area contributed by atoms with Crippen LogP contribution >= 0.6 is 0 Å². The van der Waals surface area contributed by atoms with Gasteiger partial charge in [0.25, 0.3) is 0 Å². The van der Waals surface area contributed by atoms with Crippen LogP contribution in [0.2, 0.25) is 0 Å². The van der Waals surface area contributed by atoms with E-state index in [0.29, 0.717) is 5.92 Å². The fraction of sp³-hybridized carbons (Fsp3) is 0.667. The van der Waals surface area contributed by atoms with E-state index >= 15 is 0 Å². The number of nitrogens with zero attached hydrogens (tertiary/aromatic N) is 1. The molecule has 0 radical (unpaired) electrons. The van der Waals surface area contributed by atoms with Gasteiger partial charge in [0, 0.05) is 36.9 Å². The van der Waals surface area contributed by atoms with Crippen LogP contribution in [0.25, 0.3) is 0 Å². The fourth-order valence-electron chi connectivity index (χ4n) is 2.53. The molecule has 1 aliphatic heterocycles. The topological polar surface area (TPSA) is 75.2 Å². The molecule has 2 N–H and O–H groups in total. The number of hydrogen-bond acceptors (Lipinski definition) is 3. The van der Waals surface area contributed by atoms with E-state index in [-0.39, 0.29) is 11.8 Å². The van der Waals surface area contributed by atoms with Crippen molar-refractivity contribution >= 4 is 5.97 Å². The number of rotatable bonds is 3. The minimum Gasteiger partial charge on any atom is -0.481 e. The number of carbonyl (C=O) groups is 1. The second kappa shape index (κ2) is 4.14. The van der Waals surface area contributed by atoms with Crippen LogP contribution < -0.4 is 0 Å². The zero-order valence-electron chi connectivity index (χ0n) is 9.56. The van der Waals surface area contributed by atoms with Crippen LogP contribution in [0.3, 0.4) is 0 Å². The van der Waals surface area contributed by atoms with Gasteiger partial charge in [-0.2, -0.15) is 0 Å². The first-order valence-electron chi connectivity index (χ1n) is 6.11. The van der Waals surface area contributed by atoms with Crippen LogP contribution in [0.1, 0.15) is 42.6 Å². The molecule has 92 valence electrons. The van der Waals surface area contributed by atoms with Crippen LogP contribution in [-0.4, -0.2) is 34.3 Å². The molecule has 2 aliphatic rings. The number of ether oxygens (including phenoxy) is 1. The fourth-order valence-corrected chi connectivity index (χ4v) is 2.53. The standard InChI is InChI=1S/C12H16N2O3/c15-12(16)9-5-8(9)11-13-6-10(14-11)7-1-3-17-4-2-7/h6-9H,1-5H2,(H,13,14)(H,15,16). The van der Waals surface area contributed by atoms with Gasteiger partial charge in [-0.1, -0.05) is 0 Å². The number of aromatic nitrogens is 2. The zero-order valence-corrected chi connectivity index (χ0v) is 9.56. The molecular formula is C12H16N2O3. The lowest BCUT2D eigenvalue weighted by molar-refractivity contribution is -0.138. The highest BCUT2D eigenvalue weighted by molar-refractivity contribution is 5.74. The minimum absolute atomic E-state index is 0.0982. The lowest BCUT2D eigenvalue weighted by Crippen LogP contribution is -2.14. The number of aliphatic carboxylic acids is 1. The van der Waals surface area contributed by atoms with E-state index in [1.165, 1.54) is 0 Å². The summed E-state index contributed by atoms with van der Waals surface area (Å²) >= 11 is 0. The number of imidazole rings is 1. The molecule has 5 heteroatoms. The number of hydrogen-bond donors (Lipinski definition) is 2. The van der Waals surface area contributed by atoms with Gasteiger partial charge in [0.2, 0.25) is 0 Å². The van der Waals surface area contributed by atoms with Crippen molar-refractivity contribution in [3.63, 3.8) is 0 Å². The van der Waals surface area contributed by atoms with E-state index in [1.807, 2.05) is 6.20 Å². The molecule has 2 heterocycles. The van der Waals surface area contributed by atoms with Gasteiger partial charge >= 0.3 is 5.97 Å². The van der Waals surface area contributed by atoms with Crippen molar-refractivity contribution in [2.75, 3.05) is 13.2 Å². The third kappa shape index (κ3) is 2.07. The molecule has 2 unspecified atom stereocenters. The summed E-state index contributed by atoms with van der Waals surface area (Å²) in [7, 11) is 0. The molecule has 0 aromatic carbocycles. The summed E-state index contributed by atoms with van der Waals surface area (Å²) in [5.41, 5.74) is 1.14. The van der Waals surface area contributed by atoms with E-state index in [1.54, 1.807) is 0 Å². The average Bonchev–Trinajstić information content (AvgIpc) is 3.01. The highest BCUT2D eigenvalue weighted by Crippen LogP contribution is 2.46. The Morgan fingerprint density at radius 2 is 2.24 bits per heavy atom. The Bertz CT molecular complexity index is 423. The normalized spacial score (nSPS) is 29.2. The van der Waals surface area contributed by atoms with Gasteiger partial charge in [-0.05, 0) is 19.3 Å². The van der Waals surface area contributed by atoms with Crippen molar-refractivity contribution in [2.24, 2.45) is 5.92 Å². The Balaban J connectivity index is 1.68. The quantitative estimate of drug-likeness (QED) is 0.833. The van der Waals surface area contributed by atoms with Gasteiger partial charge < -0.3 is 14.8 Å². The molecule has 2 atom stereocenters. The number of carboxylic acid groups (broad SMARTS) is 1. The number of carboxylic acids is 1. The molecule has 1 aromatic rings. The Hall–Kier alpha value is -1.36. The van der Waals surface area contributed by atoms with Crippen LogP contribution in [0.4, 0.5) is 0 Å². The van der Waals surface area contributed by atoms with Gasteiger partial charge in [-0.15, -0.1) is 0 Å². The SMILES string of the molecule is O=C(O)C1CC1c1ncc(C2CCOCC2)[nH]1. The third-order valence-corrected chi connectivity index (χ3v) is 3.74. The molecule has 0 bridgehead atoms. The second-order valence-electron chi connectivity index (χ2n) is 4.90. The maximum absolute atomic E-state index is 10.8. The smallest absolute Gasteiger partial charge is 0.307 e. The zero-order chi connectivity index (χ0) is 11.8. The van der Waals surface area contributed by atoms with Gasteiger partial charge in [-0.3, -0.25) is 4.79 Å². The average molecular weight is 236 g/mol. The van der Waals surface area contributed by atoms with E-state index in [4.69, 9.17) is 9.84 Å². The first-order chi connectivity index (χ1) is 8.25. The van der Waals surface area contributed by atoms with Crippen LogP contribution in [0.15, 0.2) is 6.20 Å². The first kappa shape index (κ1) is 10.8. The van der Waals surface area contributed by atoms with Gasteiger partial charge in [0.15, 0.2) is 0 Å². The summed E-state index contributed by atoms with van der Waals surface area (Å²) in [6, 6.07) is 0. The van der Waals surface area contributed by atoms with Crippen LogP contribution in [0.5, 0.6) is 0 Å². The van der Waals surface area contributed by atoms with Crippen molar-refractivity contribution in [2.45, 2.75) is 31.1 Å². The number of H-pyrrole nitrogens is 1. The second-order valence-corrected chi connectivity index (χ2v) is 4.90. The molecule has 1 aliphatic carbocycles. The Kier molecular flexibility index (Phi) is 2.63.